The third-order valence-electron chi connectivity index (χ3n) is 5.85. The van der Waals surface area contributed by atoms with Crippen LogP contribution >= 0.6 is 0 Å². The number of aliphatic hydroxyl groups excluding tert-OH is 1. The van der Waals surface area contributed by atoms with Gasteiger partial charge in [0.05, 0.1) is 20.3 Å². The molecular formula is C21H24O5. The van der Waals surface area contributed by atoms with Gasteiger partial charge in [0.2, 0.25) is 6.79 Å². The van der Waals surface area contributed by atoms with Crippen LogP contribution in [0.5, 0.6) is 23.0 Å². The molecule has 0 aromatic heterocycles. The Morgan fingerprint density at radius 2 is 1.54 bits per heavy atom. The van der Waals surface area contributed by atoms with Crippen LogP contribution in [0.2, 0.25) is 0 Å². The average Bonchev–Trinajstić information content (AvgIpc) is 3.13. The van der Waals surface area contributed by atoms with E-state index in [-0.39, 0.29) is 24.5 Å². The lowest BCUT2D eigenvalue weighted by Gasteiger charge is -2.40. The summed E-state index contributed by atoms with van der Waals surface area (Å²) in [5.41, 5.74) is 3.12. The van der Waals surface area contributed by atoms with Crippen molar-refractivity contribution in [3.8, 4) is 23.0 Å². The van der Waals surface area contributed by atoms with E-state index < -0.39 is 6.10 Å². The fourth-order valence-corrected chi connectivity index (χ4v) is 4.18. The van der Waals surface area contributed by atoms with E-state index in [1.165, 1.54) is 0 Å². The van der Waals surface area contributed by atoms with E-state index in [0.717, 1.165) is 28.2 Å². The molecule has 5 nitrogen and oxygen atoms in total. The van der Waals surface area contributed by atoms with Gasteiger partial charge in [0.1, 0.15) is 0 Å². The summed E-state index contributed by atoms with van der Waals surface area (Å²) in [6.07, 6.45) is -0.537. The van der Waals surface area contributed by atoms with Crippen molar-refractivity contribution >= 4 is 0 Å². The summed E-state index contributed by atoms with van der Waals surface area (Å²) in [5.74, 6) is 3.33. The van der Waals surface area contributed by atoms with Gasteiger partial charge in [0.15, 0.2) is 23.0 Å². The van der Waals surface area contributed by atoms with Gasteiger partial charge in [-0.25, -0.2) is 0 Å². The molecule has 4 rings (SSSR count). The van der Waals surface area contributed by atoms with Crippen LogP contribution in [-0.4, -0.2) is 26.1 Å². The van der Waals surface area contributed by atoms with Crippen molar-refractivity contribution in [2.24, 2.45) is 11.8 Å². The maximum atomic E-state index is 10.9. The van der Waals surface area contributed by atoms with Crippen LogP contribution in [0.1, 0.15) is 42.6 Å². The molecule has 2 aromatic carbocycles. The summed E-state index contributed by atoms with van der Waals surface area (Å²) in [5, 5.41) is 10.9. The standard InChI is InChI=1S/C21H24O5/c1-11-12(2)21(22)15-9-18(24-4)17(23-3)8-14(15)20(11)13-5-6-16-19(7-13)26-10-25-16/h5-9,11-12,20-22H,10H2,1-4H3. The predicted molar refractivity (Wildman–Crippen MR) is 97.2 cm³/mol. The molecule has 1 N–H and O–H groups in total. The minimum absolute atomic E-state index is 0.107. The Kier molecular flexibility index (Phi) is 4.19. The van der Waals surface area contributed by atoms with E-state index >= 15 is 0 Å². The third kappa shape index (κ3) is 2.50. The Balaban J connectivity index is 1.88. The fraction of sp³-hybridized carbons (Fsp3) is 0.429. The predicted octanol–water partition coefficient (Wildman–Crippen LogP) is 3.88. The Labute approximate surface area is 153 Å². The second-order valence-electron chi connectivity index (χ2n) is 7.09. The van der Waals surface area contributed by atoms with Gasteiger partial charge in [0.25, 0.3) is 0 Å². The van der Waals surface area contributed by atoms with Crippen molar-refractivity contribution < 1.29 is 24.1 Å². The van der Waals surface area contributed by atoms with Gasteiger partial charge >= 0.3 is 0 Å². The molecule has 1 aliphatic heterocycles. The highest BCUT2D eigenvalue weighted by atomic mass is 16.7. The number of aliphatic hydroxyl groups is 1. The Morgan fingerprint density at radius 3 is 2.23 bits per heavy atom. The van der Waals surface area contributed by atoms with E-state index in [0.29, 0.717) is 11.5 Å². The first-order valence-corrected chi connectivity index (χ1v) is 8.88. The molecule has 0 saturated heterocycles. The van der Waals surface area contributed by atoms with Gasteiger partial charge in [-0.2, -0.15) is 0 Å². The average molecular weight is 356 g/mol. The number of methoxy groups -OCH3 is 2. The molecule has 4 atom stereocenters. The van der Waals surface area contributed by atoms with Crippen molar-refractivity contribution in [2.45, 2.75) is 25.9 Å². The molecule has 0 spiro atoms. The minimum atomic E-state index is -0.537. The summed E-state index contributed by atoms with van der Waals surface area (Å²) in [6.45, 7) is 4.54. The van der Waals surface area contributed by atoms with Gasteiger partial charge in [-0.1, -0.05) is 19.9 Å². The molecule has 26 heavy (non-hydrogen) atoms. The molecule has 1 heterocycles. The third-order valence-corrected chi connectivity index (χ3v) is 5.85. The summed E-state index contributed by atoms with van der Waals surface area (Å²) in [4.78, 5) is 0. The van der Waals surface area contributed by atoms with Crippen molar-refractivity contribution in [2.75, 3.05) is 21.0 Å². The summed E-state index contributed by atoms with van der Waals surface area (Å²) < 4.78 is 22.0. The molecule has 4 unspecified atom stereocenters. The number of hydrogen-bond donors (Lipinski definition) is 1. The van der Waals surface area contributed by atoms with Gasteiger partial charge in [-0.15, -0.1) is 0 Å². The first-order valence-electron chi connectivity index (χ1n) is 8.88. The minimum Gasteiger partial charge on any atom is -0.493 e. The molecule has 2 aromatic rings. The van der Waals surface area contributed by atoms with Crippen molar-refractivity contribution in [3.63, 3.8) is 0 Å². The highest BCUT2D eigenvalue weighted by Gasteiger charge is 2.39. The van der Waals surface area contributed by atoms with Crippen LogP contribution < -0.4 is 18.9 Å². The lowest BCUT2D eigenvalue weighted by molar-refractivity contribution is 0.0684. The van der Waals surface area contributed by atoms with Crippen LogP contribution in [0.4, 0.5) is 0 Å². The molecule has 138 valence electrons. The number of hydrogen-bond acceptors (Lipinski definition) is 5. The van der Waals surface area contributed by atoms with Gasteiger partial charge < -0.3 is 24.1 Å². The van der Waals surface area contributed by atoms with Gasteiger partial charge in [-0.3, -0.25) is 0 Å². The lowest BCUT2D eigenvalue weighted by atomic mass is 9.66. The number of ether oxygens (including phenoxy) is 4. The maximum Gasteiger partial charge on any atom is 0.231 e. The highest BCUT2D eigenvalue weighted by Crippen LogP contribution is 2.51. The zero-order valence-electron chi connectivity index (χ0n) is 15.5. The summed E-state index contributed by atoms with van der Waals surface area (Å²) in [6, 6.07) is 9.99. The number of fused-ring (bicyclic) bond motifs is 2. The van der Waals surface area contributed by atoms with E-state index in [4.69, 9.17) is 18.9 Å². The molecule has 0 radical (unpaired) electrons. The fourth-order valence-electron chi connectivity index (χ4n) is 4.18. The van der Waals surface area contributed by atoms with Crippen molar-refractivity contribution in [3.05, 3.63) is 47.0 Å². The van der Waals surface area contributed by atoms with Crippen molar-refractivity contribution in [1.82, 2.24) is 0 Å². The SMILES string of the molecule is COc1cc2c(cc1OC)C(c1ccc3c(c1)OCO3)C(C)C(C)C2O. The molecule has 1 aliphatic carbocycles. The van der Waals surface area contributed by atoms with E-state index in [1.807, 2.05) is 18.2 Å². The first-order chi connectivity index (χ1) is 12.5. The second kappa shape index (κ2) is 6.40. The van der Waals surface area contributed by atoms with Crippen LogP contribution in [0.3, 0.4) is 0 Å². The van der Waals surface area contributed by atoms with E-state index in [1.54, 1.807) is 14.2 Å². The number of rotatable bonds is 3. The highest BCUT2D eigenvalue weighted by molar-refractivity contribution is 5.55. The van der Waals surface area contributed by atoms with Crippen molar-refractivity contribution in [1.29, 1.82) is 0 Å². The summed E-state index contributed by atoms with van der Waals surface area (Å²) in [7, 11) is 3.24. The molecule has 0 fully saturated rings. The van der Waals surface area contributed by atoms with Crippen LogP contribution in [0.25, 0.3) is 0 Å². The van der Waals surface area contributed by atoms with E-state index in [9.17, 15) is 5.11 Å². The Hall–Kier alpha value is -2.40. The summed E-state index contributed by atoms with van der Waals surface area (Å²) >= 11 is 0. The Bertz CT molecular complexity index is 831. The van der Waals surface area contributed by atoms with Crippen LogP contribution in [0.15, 0.2) is 30.3 Å². The zero-order chi connectivity index (χ0) is 18.4. The normalized spacial score (nSPS) is 26.3. The smallest absolute Gasteiger partial charge is 0.231 e. The zero-order valence-corrected chi connectivity index (χ0v) is 15.5. The molecule has 5 heteroatoms. The monoisotopic (exact) mass is 356 g/mol. The van der Waals surface area contributed by atoms with Crippen LogP contribution in [-0.2, 0) is 0 Å². The molecule has 0 saturated carbocycles. The van der Waals surface area contributed by atoms with E-state index in [2.05, 4.69) is 26.0 Å². The van der Waals surface area contributed by atoms with Gasteiger partial charge in [-0.05, 0) is 52.8 Å². The molecular weight excluding hydrogens is 332 g/mol. The molecule has 0 amide bonds. The Morgan fingerprint density at radius 1 is 0.885 bits per heavy atom. The maximum absolute atomic E-state index is 10.9. The first kappa shape index (κ1) is 17.0. The second-order valence-corrected chi connectivity index (χ2v) is 7.09. The quantitative estimate of drug-likeness (QED) is 0.904. The molecule has 0 bridgehead atoms. The number of benzene rings is 2. The topological polar surface area (TPSA) is 57.2 Å². The molecule has 2 aliphatic rings. The lowest BCUT2D eigenvalue weighted by Crippen LogP contribution is -2.30. The van der Waals surface area contributed by atoms with Crippen LogP contribution in [0, 0.1) is 11.8 Å². The largest absolute Gasteiger partial charge is 0.493 e. The van der Waals surface area contributed by atoms with Gasteiger partial charge in [0, 0.05) is 5.92 Å².